The molecule has 2 heterocycles. The fourth-order valence-electron chi connectivity index (χ4n) is 3.00. The Labute approximate surface area is 134 Å². The largest absolute Gasteiger partial charge is 0.218 e. The highest BCUT2D eigenvalue weighted by atomic mass is 32.2. The second-order valence-electron chi connectivity index (χ2n) is 5.47. The average molecular weight is 339 g/mol. The molecular weight excluding hydrogens is 321 g/mol. The van der Waals surface area contributed by atoms with E-state index < -0.39 is 10.0 Å². The van der Waals surface area contributed by atoms with E-state index in [1.807, 2.05) is 18.4 Å². The second-order valence-corrected chi connectivity index (χ2v) is 8.39. The zero-order chi connectivity index (χ0) is 15.7. The molecule has 1 aliphatic rings. The molecule has 0 saturated heterocycles. The number of hydrogen-bond acceptors (Lipinski definition) is 3. The molecule has 0 fully saturated rings. The summed E-state index contributed by atoms with van der Waals surface area (Å²) >= 11 is 1.70. The van der Waals surface area contributed by atoms with Gasteiger partial charge < -0.3 is 0 Å². The van der Waals surface area contributed by atoms with Crippen molar-refractivity contribution in [2.45, 2.75) is 31.6 Å². The number of rotatable bonds is 4. The molecule has 3 rings (SSSR count). The maximum atomic E-state index is 13.0. The van der Waals surface area contributed by atoms with Gasteiger partial charge in [0, 0.05) is 11.4 Å². The van der Waals surface area contributed by atoms with Crippen molar-refractivity contribution in [3.8, 4) is 0 Å². The molecule has 2 aromatic rings. The molecule has 22 heavy (non-hydrogen) atoms. The summed E-state index contributed by atoms with van der Waals surface area (Å²) < 4.78 is 40.1. The van der Waals surface area contributed by atoms with Crippen molar-refractivity contribution in [2.24, 2.45) is 0 Å². The first kappa shape index (κ1) is 15.6. The first-order chi connectivity index (χ1) is 10.5. The number of benzene rings is 1. The molecule has 0 radical (unpaired) electrons. The predicted octanol–water partition coefficient (Wildman–Crippen LogP) is 3.73. The molecule has 1 atom stereocenters. The number of thiophene rings is 1. The van der Waals surface area contributed by atoms with E-state index in [2.05, 4.69) is 0 Å². The quantitative estimate of drug-likeness (QED) is 0.851. The lowest BCUT2D eigenvalue weighted by Gasteiger charge is -2.34. The van der Waals surface area contributed by atoms with Crippen molar-refractivity contribution in [1.29, 1.82) is 0 Å². The van der Waals surface area contributed by atoms with Gasteiger partial charge in [-0.2, -0.15) is 4.31 Å². The van der Waals surface area contributed by atoms with Crippen LogP contribution in [0.2, 0.25) is 0 Å². The van der Waals surface area contributed by atoms with Gasteiger partial charge in [0.2, 0.25) is 10.0 Å². The number of halogens is 1. The number of nitrogens with zero attached hydrogens (tertiary/aromatic N) is 1. The Morgan fingerprint density at radius 3 is 2.68 bits per heavy atom. The highest BCUT2D eigenvalue weighted by Gasteiger charge is 2.34. The molecule has 1 unspecified atom stereocenters. The first-order valence-corrected chi connectivity index (χ1v) is 9.80. The number of sulfonamides is 1. The summed E-state index contributed by atoms with van der Waals surface area (Å²) in [5, 5.41) is 2.03. The van der Waals surface area contributed by atoms with Crippen LogP contribution in [0.15, 0.2) is 35.7 Å². The molecule has 1 aromatic heterocycles. The molecule has 1 aliphatic heterocycles. The second kappa shape index (κ2) is 6.10. The summed E-state index contributed by atoms with van der Waals surface area (Å²) in [6, 6.07) is 7.63. The minimum absolute atomic E-state index is 0.0801. The van der Waals surface area contributed by atoms with Crippen molar-refractivity contribution < 1.29 is 12.8 Å². The summed E-state index contributed by atoms with van der Waals surface area (Å²) in [5.41, 5.74) is 1.76. The van der Waals surface area contributed by atoms with E-state index in [9.17, 15) is 12.8 Å². The molecule has 3 nitrogen and oxygen atoms in total. The van der Waals surface area contributed by atoms with E-state index >= 15 is 0 Å². The zero-order valence-electron chi connectivity index (χ0n) is 12.3. The van der Waals surface area contributed by atoms with E-state index in [4.69, 9.17) is 0 Å². The van der Waals surface area contributed by atoms with Gasteiger partial charge in [-0.15, -0.1) is 11.3 Å². The zero-order valence-corrected chi connectivity index (χ0v) is 14.0. The van der Waals surface area contributed by atoms with Crippen LogP contribution in [0, 0.1) is 5.82 Å². The van der Waals surface area contributed by atoms with Crippen LogP contribution in [0.1, 0.15) is 35.4 Å². The number of fused-ring (bicyclic) bond motifs is 1. The minimum Gasteiger partial charge on any atom is -0.212 e. The van der Waals surface area contributed by atoms with Crippen molar-refractivity contribution in [1.82, 2.24) is 4.31 Å². The Kier molecular flexibility index (Phi) is 4.34. The molecular formula is C16H18FNO2S2. The third-order valence-electron chi connectivity index (χ3n) is 4.05. The Bertz CT molecular complexity index is 753. The SMILES string of the molecule is CCC1c2ccsc2CCN1S(=O)(=O)Cc1ccc(F)cc1. The molecule has 0 aliphatic carbocycles. The van der Waals surface area contributed by atoms with Crippen molar-refractivity contribution >= 4 is 21.4 Å². The lowest BCUT2D eigenvalue weighted by Crippen LogP contribution is -2.39. The Morgan fingerprint density at radius 1 is 1.27 bits per heavy atom. The topological polar surface area (TPSA) is 37.4 Å². The lowest BCUT2D eigenvalue weighted by atomic mass is 10.0. The smallest absolute Gasteiger partial charge is 0.212 e. The van der Waals surface area contributed by atoms with E-state index in [1.165, 1.54) is 29.1 Å². The normalized spacial score (nSPS) is 19.1. The van der Waals surface area contributed by atoms with E-state index in [-0.39, 0.29) is 17.6 Å². The van der Waals surface area contributed by atoms with Crippen LogP contribution in [0.3, 0.4) is 0 Å². The molecule has 0 spiro atoms. The molecule has 1 aromatic carbocycles. The molecule has 0 N–H and O–H groups in total. The van der Waals surface area contributed by atoms with Gasteiger partial charge in [0.1, 0.15) is 5.82 Å². The van der Waals surface area contributed by atoms with Gasteiger partial charge >= 0.3 is 0 Å². The molecule has 0 amide bonds. The van der Waals surface area contributed by atoms with Crippen LogP contribution in [0.5, 0.6) is 0 Å². The maximum absolute atomic E-state index is 13.0. The van der Waals surface area contributed by atoms with Gasteiger partial charge in [-0.25, -0.2) is 12.8 Å². The third kappa shape index (κ3) is 2.95. The van der Waals surface area contributed by atoms with Gasteiger partial charge in [0.05, 0.1) is 11.8 Å². The third-order valence-corrected chi connectivity index (χ3v) is 6.90. The van der Waals surface area contributed by atoms with Crippen LogP contribution in [0.25, 0.3) is 0 Å². The van der Waals surface area contributed by atoms with Gasteiger partial charge in [0.15, 0.2) is 0 Å². The Balaban J connectivity index is 1.87. The van der Waals surface area contributed by atoms with E-state index in [1.54, 1.807) is 15.6 Å². The highest BCUT2D eigenvalue weighted by molar-refractivity contribution is 7.88. The van der Waals surface area contributed by atoms with Crippen molar-refractivity contribution in [2.75, 3.05) is 6.54 Å². The summed E-state index contributed by atoms with van der Waals surface area (Å²) in [6.45, 7) is 2.54. The maximum Gasteiger partial charge on any atom is 0.218 e. The number of hydrogen-bond donors (Lipinski definition) is 0. The standard InChI is InChI=1S/C16H18FNO2S2/c1-2-15-14-8-10-21-16(14)7-9-18(15)22(19,20)11-12-3-5-13(17)6-4-12/h3-6,8,10,15H,2,7,9,11H2,1H3. The Hall–Kier alpha value is -1.24. The van der Waals surface area contributed by atoms with E-state index in [0.29, 0.717) is 12.1 Å². The highest BCUT2D eigenvalue weighted by Crippen LogP contribution is 2.37. The monoisotopic (exact) mass is 339 g/mol. The summed E-state index contributed by atoms with van der Waals surface area (Å²) in [6.07, 6.45) is 1.53. The summed E-state index contributed by atoms with van der Waals surface area (Å²) in [4.78, 5) is 1.29. The fraction of sp³-hybridized carbons (Fsp3) is 0.375. The molecule has 0 bridgehead atoms. The minimum atomic E-state index is -3.42. The fourth-order valence-corrected chi connectivity index (χ4v) is 5.73. The van der Waals surface area contributed by atoms with Crippen LogP contribution < -0.4 is 0 Å². The van der Waals surface area contributed by atoms with Gasteiger partial charge in [-0.1, -0.05) is 19.1 Å². The van der Waals surface area contributed by atoms with Gasteiger partial charge in [-0.05, 0) is 47.5 Å². The van der Waals surface area contributed by atoms with Crippen molar-refractivity contribution in [3.63, 3.8) is 0 Å². The summed E-state index contributed by atoms with van der Waals surface area (Å²) in [7, 11) is -3.42. The lowest BCUT2D eigenvalue weighted by molar-refractivity contribution is 0.303. The van der Waals surface area contributed by atoms with Crippen LogP contribution in [0.4, 0.5) is 4.39 Å². The molecule has 6 heteroatoms. The summed E-state index contributed by atoms with van der Waals surface area (Å²) in [5.74, 6) is -0.433. The van der Waals surface area contributed by atoms with Gasteiger partial charge in [-0.3, -0.25) is 0 Å². The molecule has 118 valence electrons. The Morgan fingerprint density at radius 2 is 2.00 bits per heavy atom. The van der Waals surface area contributed by atoms with Gasteiger partial charge in [0.25, 0.3) is 0 Å². The van der Waals surface area contributed by atoms with E-state index in [0.717, 1.165) is 18.4 Å². The molecule has 0 saturated carbocycles. The average Bonchev–Trinajstić information content (AvgIpc) is 2.97. The van der Waals surface area contributed by atoms with Crippen molar-refractivity contribution in [3.05, 3.63) is 57.5 Å². The van der Waals surface area contributed by atoms with Crippen LogP contribution in [-0.4, -0.2) is 19.3 Å². The predicted molar refractivity (Wildman–Crippen MR) is 86.8 cm³/mol. The van der Waals surface area contributed by atoms with Crippen LogP contribution in [-0.2, 0) is 22.2 Å². The van der Waals surface area contributed by atoms with Crippen LogP contribution >= 0.6 is 11.3 Å². The first-order valence-electron chi connectivity index (χ1n) is 7.31.